The van der Waals surface area contributed by atoms with Crippen LogP contribution in [-0.4, -0.2) is 33.9 Å². The number of imidazole rings is 1. The summed E-state index contributed by atoms with van der Waals surface area (Å²) in [4.78, 5) is 21.1. The number of amides is 1. The summed E-state index contributed by atoms with van der Waals surface area (Å²) in [5.41, 5.74) is 1.41. The topological polar surface area (TPSA) is 61.0 Å². The Kier molecular flexibility index (Phi) is 5.61. The number of hydrogen-bond donors (Lipinski definition) is 2. The summed E-state index contributed by atoms with van der Waals surface area (Å²) < 4.78 is 0. The molecule has 21 heavy (non-hydrogen) atoms. The Labute approximate surface area is 133 Å². The van der Waals surface area contributed by atoms with Crippen LogP contribution in [0.25, 0.3) is 0 Å². The summed E-state index contributed by atoms with van der Waals surface area (Å²) in [7, 11) is 0. The zero-order valence-corrected chi connectivity index (χ0v) is 13.1. The van der Waals surface area contributed by atoms with Gasteiger partial charge in [-0.1, -0.05) is 36.2 Å². The van der Waals surface area contributed by atoms with Crippen molar-refractivity contribution < 1.29 is 4.79 Å². The summed E-state index contributed by atoms with van der Waals surface area (Å²) in [6.07, 6.45) is 3.36. The van der Waals surface area contributed by atoms with Crippen LogP contribution in [0.3, 0.4) is 0 Å². The Morgan fingerprint density at radius 3 is 2.67 bits per heavy atom. The average molecular weight is 327 g/mol. The first-order valence-corrected chi connectivity index (χ1v) is 7.29. The van der Waals surface area contributed by atoms with Crippen LogP contribution < -0.4 is 5.32 Å². The number of carbonyl (C=O) groups is 1. The van der Waals surface area contributed by atoms with E-state index in [0.29, 0.717) is 22.3 Å². The molecule has 1 heterocycles. The van der Waals surface area contributed by atoms with Gasteiger partial charge >= 0.3 is 0 Å². The number of halogens is 2. The van der Waals surface area contributed by atoms with Gasteiger partial charge in [0.1, 0.15) is 0 Å². The minimum Gasteiger partial charge on any atom is -0.347 e. The lowest BCUT2D eigenvalue weighted by Crippen LogP contribution is -2.33. The molecule has 1 amide bonds. The van der Waals surface area contributed by atoms with Crippen molar-refractivity contribution in [1.82, 2.24) is 14.9 Å². The van der Waals surface area contributed by atoms with E-state index in [0.717, 1.165) is 12.2 Å². The van der Waals surface area contributed by atoms with Crippen molar-refractivity contribution in [3.05, 3.63) is 46.5 Å². The molecule has 0 bridgehead atoms. The normalized spacial score (nSPS) is 10.9. The Morgan fingerprint density at radius 2 is 2.10 bits per heavy atom. The van der Waals surface area contributed by atoms with Gasteiger partial charge in [-0.25, -0.2) is 4.98 Å². The van der Waals surface area contributed by atoms with Gasteiger partial charge in [0.15, 0.2) is 0 Å². The number of hydrogen-bond acceptors (Lipinski definition) is 3. The molecule has 0 atom stereocenters. The number of nitrogens with zero attached hydrogens (tertiary/aromatic N) is 2. The highest BCUT2D eigenvalue weighted by Gasteiger charge is 2.13. The van der Waals surface area contributed by atoms with Crippen molar-refractivity contribution in [2.24, 2.45) is 0 Å². The van der Waals surface area contributed by atoms with E-state index in [4.69, 9.17) is 23.2 Å². The maximum atomic E-state index is 12.1. The van der Waals surface area contributed by atoms with E-state index >= 15 is 0 Å². The number of benzene rings is 1. The van der Waals surface area contributed by atoms with E-state index < -0.39 is 0 Å². The van der Waals surface area contributed by atoms with Gasteiger partial charge in [0, 0.05) is 18.4 Å². The van der Waals surface area contributed by atoms with E-state index in [-0.39, 0.29) is 12.5 Å². The zero-order chi connectivity index (χ0) is 15.2. The maximum Gasteiger partial charge on any atom is 0.238 e. The van der Waals surface area contributed by atoms with Crippen LogP contribution in [0, 0.1) is 0 Å². The third-order valence-corrected chi connectivity index (χ3v) is 3.62. The van der Waals surface area contributed by atoms with Gasteiger partial charge in [-0.3, -0.25) is 9.69 Å². The number of para-hydroxylation sites is 1. The molecule has 112 valence electrons. The monoisotopic (exact) mass is 326 g/mol. The lowest BCUT2D eigenvalue weighted by Gasteiger charge is -2.19. The molecular weight excluding hydrogens is 311 g/mol. The minimum absolute atomic E-state index is 0.161. The van der Waals surface area contributed by atoms with E-state index in [1.807, 2.05) is 11.8 Å². The highest BCUT2D eigenvalue weighted by molar-refractivity contribution is 6.39. The third kappa shape index (κ3) is 4.46. The highest BCUT2D eigenvalue weighted by atomic mass is 35.5. The molecule has 2 N–H and O–H groups in total. The highest BCUT2D eigenvalue weighted by Crippen LogP contribution is 2.29. The van der Waals surface area contributed by atoms with Gasteiger partial charge in [-0.05, 0) is 18.7 Å². The predicted octanol–water partition coefficient (Wildman–Crippen LogP) is 3.18. The fourth-order valence-electron chi connectivity index (χ4n) is 1.89. The van der Waals surface area contributed by atoms with Crippen LogP contribution in [0.5, 0.6) is 0 Å². The maximum absolute atomic E-state index is 12.1. The number of carbonyl (C=O) groups excluding carboxylic acids is 1. The quantitative estimate of drug-likeness (QED) is 0.857. The Bertz CT molecular complexity index is 581. The minimum atomic E-state index is -0.161. The molecule has 1 aromatic carbocycles. The van der Waals surface area contributed by atoms with Gasteiger partial charge in [-0.15, -0.1) is 0 Å². The fourth-order valence-corrected chi connectivity index (χ4v) is 2.38. The molecule has 0 aliphatic rings. The predicted molar refractivity (Wildman–Crippen MR) is 84.6 cm³/mol. The van der Waals surface area contributed by atoms with Crippen molar-refractivity contribution in [3.8, 4) is 0 Å². The number of nitrogens with one attached hydrogen (secondary N) is 2. The smallest absolute Gasteiger partial charge is 0.238 e. The van der Waals surface area contributed by atoms with E-state index in [2.05, 4.69) is 15.3 Å². The number of H-pyrrole nitrogens is 1. The van der Waals surface area contributed by atoms with E-state index in [9.17, 15) is 4.79 Å². The van der Waals surface area contributed by atoms with E-state index in [1.54, 1.807) is 30.7 Å². The van der Waals surface area contributed by atoms with Crippen LogP contribution in [0.2, 0.25) is 10.0 Å². The second-order valence-electron chi connectivity index (χ2n) is 4.52. The first-order valence-electron chi connectivity index (χ1n) is 6.53. The molecule has 0 unspecified atom stereocenters. The standard InChI is InChI=1S/C14H16Cl2N4O/c1-2-20(7-10-6-17-9-18-10)8-13(21)19-14-11(15)4-3-5-12(14)16/h3-6,9H,2,7-8H2,1H3,(H,17,18)(H,19,21). The molecule has 0 radical (unpaired) electrons. The molecular formula is C14H16Cl2N4O. The molecule has 0 aliphatic heterocycles. The average Bonchev–Trinajstić information content (AvgIpc) is 2.95. The van der Waals surface area contributed by atoms with Crippen molar-refractivity contribution in [3.63, 3.8) is 0 Å². The first-order chi connectivity index (χ1) is 10.1. The molecule has 0 aliphatic carbocycles. The van der Waals surface area contributed by atoms with Gasteiger partial charge in [0.2, 0.25) is 5.91 Å². The molecule has 0 fully saturated rings. The number of anilines is 1. The second kappa shape index (κ2) is 7.45. The van der Waals surface area contributed by atoms with Crippen LogP contribution >= 0.6 is 23.2 Å². The lowest BCUT2D eigenvalue weighted by atomic mass is 10.3. The number of likely N-dealkylation sites (N-methyl/N-ethyl adjacent to an activating group) is 1. The molecule has 0 spiro atoms. The van der Waals surface area contributed by atoms with Gasteiger partial charge in [-0.2, -0.15) is 0 Å². The fraction of sp³-hybridized carbons (Fsp3) is 0.286. The molecule has 0 saturated heterocycles. The molecule has 1 aromatic heterocycles. The largest absolute Gasteiger partial charge is 0.347 e. The third-order valence-electron chi connectivity index (χ3n) is 2.99. The summed E-state index contributed by atoms with van der Waals surface area (Å²) in [5, 5.41) is 3.60. The van der Waals surface area contributed by atoms with Gasteiger partial charge < -0.3 is 10.3 Å². The van der Waals surface area contributed by atoms with Crippen LogP contribution in [0.1, 0.15) is 12.6 Å². The lowest BCUT2D eigenvalue weighted by molar-refractivity contribution is -0.117. The van der Waals surface area contributed by atoms with Gasteiger partial charge in [0.25, 0.3) is 0 Å². The molecule has 2 aromatic rings. The van der Waals surface area contributed by atoms with E-state index in [1.165, 1.54) is 0 Å². The Balaban J connectivity index is 1.97. The Hall–Kier alpha value is -1.56. The van der Waals surface area contributed by atoms with Crippen molar-refractivity contribution in [2.45, 2.75) is 13.5 Å². The number of rotatable bonds is 6. The Morgan fingerprint density at radius 1 is 1.38 bits per heavy atom. The zero-order valence-electron chi connectivity index (χ0n) is 11.6. The summed E-state index contributed by atoms with van der Waals surface area (Å²) in [6.45, 7) is 3.60. The van der Waals surface area contributed by atoms with Crippen LogP contribution in [0.4, 0.5) is 5.69 Å². The van der Waals surface area contributed by atoms with Gasteiger partial charge in [0.05, 0.1) is 28.6 Å². The molecule has 5 nitrogen and oxygen atoms in total. The van der Waals surface area contributed by atoms with Crippen molar-refractivity contribution >= 4 is 34.8 Å². The second-order valence-corrected chi connectivity index (χ2v) is 5.34. The van der Waals surface area contributed by atoms with Crippen molar-refractivity contribution in [2.75, 3.05) is 18.4 Å². The molecule has 0 saturated carbocycles. The number of aromatic amines is 1. The SMILES string of the molecule is CCN(CC(=O)Nc1c(Cl)cccc1Cl)Cc1cnc[nH]1. The van der Waals surface area contributed by atoms with Crippen LogP contribution in [-0.2, 0) is 11.3 Å². The summed E-state index contributed by atoms with van der Waals surface area (Å²) in [6, 6.07) is 5.10. The molecule has 2 rings (SSSR count). The summed E-state index contributed by atoms with van der Waals surface area (Å²) in [5.74, 6) is -0.161. The molecule has 7 heteroatoms. The number of aromatic nitrogens is 2. The van der Waals surface area contributed by atoms with Crippen molar-refractivity contribution in [1.29, 1.82) is 0 Å². The van der Waals surface area contributed by atoms with Crippen LogP contribution in [0.15, 0.2) is 30.7 Å². The summed E-state index contributed by atoms with van der Waals surface area (Å²) >= 11 is 12.1. The first kappa shape index (κ1) is 15.8.